The second-order valence-electron chi connectivity index (χ2n) is 4.49. The van der Waals surface area contributed by atoms with E-state index in [1.807, 2.05) is 24.3 Å². The van der Waals surface area contributed by atoms with Crippen LogP contribution in [-0.2, 0) is 6.42 Å². The minimum absolute atomic E-state index is 0.305. The van der Waals surface area contributed by atoms with Crippen molar-refractivity contribution < 1.29 is 9.90 Å². The van der Waals surface area contributed by atoms with Gasteiger partial charge in [0.1, 0.15) is 0 Å². The first kappa shape index (κ1) is 13.6. The van der Waals surface area contributed by atoms with E-state index in [2.05, 4.69) is 11.4 Å². The number of hydrogen-bond acceptors (Lipinski definition) is 3. The molecular formula is C16H14N2O2. The Morgan fingerprint density at radius 3 is 2.40 bits per heavy atom. The molecule has 0 aliphatic heterocycles. The predicted octanol–water partition coefficient (Wildman–Crippen LogP) is 3.50. The molecule has 0 amide bonds. The van der Waals surface area contributed by atoms with Crippen molar-refractivity contribution in [3.63, 3.8) is 0 Å². The number of carboxylic acid groups (broad SMARTS) is 1. The summed E-state index contributed by atoms with van der Waals surface area (Å²) in [6.07, 6.45) is 0.396. The fourth-order valence-electron chi connectivity index (χ4n) is 1.95. The van der Waals surface area contributed by atoms with Gasteiger partial charge in [-0.05, 0) is 48.4 Å². The maximum absolute atomic E-state index is 10.9. The number of rotatable bonds is 4. The Labute approximate surface area is 117 Å². The first-order chi connectivity index (χ1) is 9.60. The van der Waals surface area contributed by atoms with Gasteiger partial charge in [0.05, 0.1) is 18.1 Å². The second kappa shape index (κ2) is 5.89. The molecule has 2 N–H and O–H groups in total. The number of carbonyl (C=O) groups is 1. The van der Waals surface area contributed by atoms with Crippen molar-refractivity contribution in [2.45, 2.75) is 13.3 Å². The van der Waals surface area contributed by atoms with Crippen molar-refractivity contribution in [2.24, 2.45) is 0 Å². The van der Waals surface area contributed by atoms with Crippen LogP contribution in [0, 0.1) is 18.3 Å². The topological polar surface area (TPSA) is 73.1 Å². The quantitative estimate of drug-likeness (QED) is 0.888. The largest absolute Gasteiger partial charge is 0.478 e. The van der Waals surface area contributed by atoms with E-state index in [0.717, 1.165) is 16.9 Å². The number of benzene rings is 2. The molecule has 2 aromatic carbocycles. The Bertz CT molecular complexity index is 670. The summed E-state index contributed by atoms with van der Waals surface area (Å²) >= 11 is 0. The molecule has 4 nitrogen and oxygen atoms in total. The molecule has 0 radical (unpaired) electrons. The number of aromatic carboxylic acids is 1. The SMILES string of the molecule is Cc1cc(Nc2ccc(CC#N)cc2)ccc1C(=O)O. The Balaban J connectivity index is 2.16. The maximum atomic E-state index is 10.9. The van der Waals surface area contributed by atoms with E-state index in [4.69, 9.17) is 10.4 Å². The van der Waals surface area contributed by atoms with Crippen molar-refractivity contribution in [2.75, 3.05) is 5.32 Å². The number of hydrogen-bond donors (Lipinski definition) is 2. The van der Waals surface area contributed by atoms with Crippen LogP contribution in [0.15, 0.2) is 42.5 Å². The van der Waals surface area contributed by atoms with Crippen molar-refractivity contribution >= 4 is 17.3 Å². The number of nitrogens with one attached hydrogen (secondary N) is 1. The van der Waals surface area contributed by atoms with Gasteiger partial charge in [-0.2, -0.15) is 5.26 Å². The van der Waals surface area contributed by atoms with Crippen molar-refractivity contribution in [1.82, 2.24) is 0 Å². The molecule has 0 aliphatic rings. The van der Waals surface area contributed by atoms with Gasteiger partial charge in [-0.3, -0.25) is 0 Å². The summed E-state index contributed by atoms with van der Waals surface area (Å²) in [4.78, 5) is 10.9. The number of anilines is 2. The molecule has 0 unspecified atom stereocenters. The van der Waals surface area contributed by atoms with Crippen LogP contribution in [0.2, 0.25) is 0 Å². The molecule has 0 spiro atoms. The first-order valence-electron chi connectivity index (χ1n) is 6.17. The molecule has 0 aromatic heterocycles. The molecule has 0 aliphatic carbocycles. The average Bonchev–Trinajstić information content (AvgIpc) is 2.41. The Morgan fingerprint density at radius 2 is 1.85 bits per heavy atom. The van der Waals surface area contributed by atoms with Crippen molar-refractivity contribution in [3.8, 4) is 6.07 Å². The van der Waals surface area contributed by atoms with Crippen LogP contribution in [-0.4, -0.2) is 11.1 Å². The molecule has 2 aromatic rings. The summed E-state index contributed by atoms with van der Waals surface area (Å²) in [5, 5.41) is 20.8. The summed E-state index contributed by atoms with van der Waals surface area (Å²) in [5.41, 5.74) is 3.72. The van der Waals surface area contributed by atoms with Crippen molar-refractivity contribution in [1.29, 1.82) is 5.26 Å². The number of carboxylic acids is 1. The summed E-state index contributed by atoms with van der Waals surface area (Å²) in [5.74, 6) is -0.921. The minimum atomic E-state index is -0.921. The highest BCUT2D eigenvalue weighted by atomic mass is 16.4. The van der Waals surface area contributed by atoms with E-state index in [-0.39, 0.29) is 0 Å². The van der Waals surface area contributed by atoms with Gasteiger partial charge in [0, 0.05) is 11.4 Å². The molecule has 0 heterocycles. The first-order valence-corrected chi connectivity index (χ1v) is 6.17. The molecule has 0 saturated carbocycles. The summed E-state index contributed by atoms with van der Waals surface area (Å²) in [7, 11) is 0. The summed E-state index contributed by atoms with van der Waals surface area (Å²) in [6.45, 7) is 1.77. The maximum Gasteiger partial charge on any atom is 0.335 e. The molecule has 20 heavy (non-hydrogen) atoms. The zero-order chi connectivity index (χ0) is 14.5. The lowest BCUT2D eigenvalue weighted by Crippen LogP contribution is -2.00. The van der Waals surface area contributed by atoms with E-state index < -0.39 is 5.97 Å². The van der Waals surface area contributed by atoms with Gasteiger partial charge in [0.2, 0.25) is 0 Å². The van der Waals surface area contributed by atoms with E-state index in [0.29, 0.717) is 17.5 Å². The minimum Gasteiger partial charge on any atom is -0.478 e. The smallest absolute Gasteiger partial charge is 0.335 e. The van der Waals surface area contributed by atoms with Crippen LogP contribution in [0.25, 0.3) is 0 Å². The fourth-order valence-corrected chi connectivity index (χ4v) is 1.95. The van der Waals surface area contributed by atoms with E-state index in [9.17, 15) is 4.79 Å². The number of nitrogens with zero attached hydrogens (tertiary/aromatic N) is 1. The molecular weight excluding hydrogens is 252 g/mol. The predicted molar refractivity (Wildman–Crippen MR) is 77.2 cm³/mol. The average molecular weight is 266 g/mol. The summed E-state index contributed by atoms with van der Waals surface area (Å²) in [6, 6.07) is 14.8. The van der Waals surface area contributed by atoms with Crippen LogP contribution in [0.4, 0.5) is 11.4 Å². The molecule has 0 bridgehead atoms. The van der Waals surface area contributed by atoms with Gasteiger partial charge in [0.15, 0.2) is 0 Å². The van der Waals surface area contributed by atoms with Gasteiger partial charge in [-0.15, -0.1) is 0 Å². The Kier molecular flexibility index (Phi) is 4.02. The van der Waals surface area contributed by atoms with Gasteiger partial charge in [0.25, 0.3) is 0 Å². The molecule has 0 atom stereocenters. The highest BCUT2D eigenvalue weighted by Crippen LogP contribution is 2.20. The zero-order valence-electron chi connectivity index (χ0n) is 11.1. The van der Waals surface area contributed by atoms with Crippen molar-refractivity contribution in [3.05, 3.63) is 59.2 Å². The van der Waals surface area contributed by atoms with E-state index in [1.165, 1.54) is 0 Å². The Morgan fingerprint density at radius 1 is 1.20 bits per heavy atom. The van der Waals surface area contributed by atoms with Crippen LogP contribution < -0.4 is 5.32 Å². The zero-order valence-corrected chi connectivity index (χ0v) is 11.1. The highest BCUT2D eigenvalue weighted by molar-refractivity contribution is 5.90. The monoisotopic (exact) mass is 266 g/mol. The van der Waals surface area contributed by atoms with Gasteiger partial charge >= 0.3 is 5.97 Å². The lowest BCUT2D eigenvalue weighted by atomic mass is 10.1. The van der Waals surface area contributed by atoms with Gasteiger partial charge < -0.3 is 10.4 Å². The molecule has 100 valence electrons. The van der Waals surface area contributed by atoms with E-state index >= 15 is 0 Å². The third-order valence-electron chi connectivity index (χ3n) is 2.98. The van der Waals surface area contributed by atoms with Crippen LogP contribution in [0.5, 0.6) is 0 Å². The third kappa shape index (κ3) is 3.15. The standard InChI is InChI=1S/C16H14N2O2/c1-11-10-14(6-7-15(11)16(19)20)18-13-4-2-12(3-5-13)8-9-17/h2-7,10,18H,8H2,1H3,(H,19,20). The highest BCUT2D eigenvalue weighted by Gasteiger charge is 2.07. The number of aryl methyl sites for hydroxylation is 1. The lowest BCUT2D eigenvalue weighted by Gasteiger charge is -2.09. The van der Waals surface area contributed by atoms with Crippen LogP contribution >= 0.6 is 0 Å². The Hall–Kier alpha value is -2.80. The molecule has 4 heteroatoms. The van der Waals surface area contributed by atoms with Gasteiger partial charge in [-0.1, -0.05) is 12.1 Å². The summed E-state index contributed by atoms with van der Waals surface area (Å²) < 4.78 is 0. The van der Waals surface area contributed by atoms with Crippen LogP contribution in [0.3, 0.4) is 0 Å². The molecule has 2 rings (SSSR count). The van der Waals surface area contributed by atoms with Crippen LogP contribution in [0.1, 0.15) is 21.5 Å². The normalized spacial score (nSPS) is 9.80. The fraction of sp³-hybridized carbons (Fsp3) is 0.125. The molecule has 0 fully saturated rings. The third-order valence-corrected chi connectivity index (χ3v) is 2.98. The lowest BCUT2D eigenvalue weighted by molar-refractivity contribution is 0.0696. The van der Waals surface area contributed by atoms with Gasteiger partial charge in [-0.25, -0.2) is 4.79 Å². The van der Waals surface area contributed by atoms with E-state index in [1.54, 1.807) is 25.1 Å². The second-order valence-corrected chi connectivity index (χ2v) is 4.49. The molecule has 0 saturated heterocycles. The number of nitriles is 1.